The molecule has 0 saturated heterocycles. The molecule has 1 aliphatic heterocycles. The van der Waals surface area contributed by atoms with E-state index in [9.17, 15) is 9.59 Å². The first-order valence-corrected chi connectivity index (χ1v) is 9.65. The summed E-state index contributed by atoms with van der Waals surface area (Å²) in [5, 5.41) is 0. The van der Waals surface area contributed by atoms with Crippen molar-refractivity contribution in [2.45, 2.75) is 39.3 Å². The first-order valence-electron chi connectivity index (χ1n) is 9.65. The fourth-order valence-corrected chi connectivity index (χ4v) is 3.51. The number of aryl methyl sites for hydroxylation is 3. The summed E-state index contributed by atoms with van der Waals surface area (Å²) in [7, 11) is 0. The van der Waals surface area contributed by atoms with Crippen molar-refractivity contribution in [2.75, 3.05) is 6.54 Å². The molecule has 1 aromatic carbocycles. The lowest BCUT2D eigenvalue weighted by atomic mass is 10.1. The largest absolute Gasteiger partial charge is 0.445 e. The number of oxazole rings is 1. The molecule has 1 aliphatic rings. The van der Waals surface area contributed by atoms with Crippen molar-refractivity contribution in [1.82, 2.24) is 14.5 Å². The van der Waals surface area contributed by atoms with E-state index in [1.807, 2.05) is 25.1 Å². The molecule has 0 atom stereocenters. The zero-order valence-corrected chi connectivity index (χ0v) is 15.9. The molecule has 0 fully saturated rings. The molecule has 144 valence electrons. The van der Waals surface area contributed by atoms with Crippen molar-refractivity contribution in [3.05, 3.63) is 87.5 Å². The average molecular weight is 377 g/mol. The molecule has 4 rings (SSSR count). The van der Waals surface area contributed by atoms with Crippen LogP contribution in [0.5, 0.6) is 0 Å². The number of nitrogens with zero attached hydrogens (tertiary/aromatic N) is 3. The second kappa shape index (κ2) is 7.84. The zero-order valence-electron chi connectivity index (χ0n) is 15.9. The molecule has 28 heavy (non-hydrogen) atoms. The zero-order chi connectivity index (χ0) is 19.5. The molecule has 1 amide bonds. The predicted octanol–water partition coefficient (Wildman–Crippen LogP) is 2.84. The van der Waals surface area contributed by atoms with Crippen LogP contribution in [0.4, 0.5) is 0 Å². The van der Waals surface area contributed by atoms with Gasteiger partial charge in [0.15, 0.2) is 5.89 Å². The number of fused-ring (bicyclic) bond motifs is 1. The third-order valence-electron chi connectivity index (χ3n) is 5.11. The summed E-state index contributed by atoms with van der Waals surface area (Å²) in [6, 6.07) is 13.4. The number of benzene rings is 1. The van der Waals surface area contributed by atoms with Gasteiger partial charge in [0.25, 0.3) is 11.5 Å². The fourth-order valence-electron chi connectivity index (χ4n) is 3.51. The second-order valence-electron chi connectivity index (χ2n) is 6.98. The minimum absolute atomic E-state index is 0.139. The third-order valence-corrected chi connectivity index (χ3v) is 5.11. The topological polar surface area (TPSA) is 68.3 Å². The molecule has 0 N–H and O–H groups in total. The molecule has 0 unspecified atom stereocenters. The molecule has 0 aliphatic carbocycles. The van der Waals surface area contributed by atoms with Crippen LogP contribution in [0.25, 0.3) is 0 Å². The van der Waals surface area contributed by atoms with Crippen molar-refractivity contribution >= 4 is 5.91 Å². The number of hydrogen-bond acceptors (Lipinski definition) is 4. The Balaban J connectivity index is 1.44. The van der Waals surface area contributed by atoms with Gasteiger partial charge in [0.1, 0.15) is 11.5 Å². The molecule has 0 spiro atoms. The lowest BCUT2D eigenvalue weighted by molar-refractivity contribution is 0.0727. The van der Waals surface area contributed by atoms with Crippen molar-refractivity contribution in [2.24, 2.45) is 0 Å². The van der Waals surface area contributed by atoms with Crippen LogP contribution in [0, 0.1) is 0 Å². The smallest absolute Gasteiger partial charge is 0.254 e. The summed E-state index contributed by atoms with van der Waals surface area (Å²) in [5.74, 6) is 1.45. The highest BCUT2D eigenvalue weighted by atomic mass is 16.4. The van der Waals surface area contributed by atoms with Crippen LogP contribution < -0.4 is 5.56 Å². The van der Waals surface area contributed by atoms with Crippen LogP contribution in [0.2, 0.25) is 0 Å². The fraction of sp³-hybridized carbons (Fsp3) is 0.318. The van der Waals surface area contributed by atoms with Crippen LogP contribution in [-0.4, -0.2) is 26.9 Å². The number of rotatable bonds is 5. The van der Waals surface area contributed by atoms with Gasteiger partial charge in [-0.25, -0.2) is 4.98 Å². The van der Waals surface area contributed by atoms with E-state index in [1.165, 1.54) is 11.6 Å². The van der Waals surface area contributed by atoms with Gasteiger partial charge in [0, 0.05) is 43.8 Å². The van der Waals surface area contributed by atoms with Gasteiger partial charge in [-0.1, -0.05) is 30.3 Å². The Morgan fingerprint density at radius 2 is 2.00 bits per heavy atom. The highest BCUT2D eigenvalue weighted by Gasteiger charge is 2.26. The maximum Gasteiger partial charge on any atom is 0.254 e. The SMILES string of the molecule is CCn1ccc(C(=O)N2CCc3oc(CCc4ccccc4)nc3C2)cc1=O. The van der Waals surface area contributed by atoms with E-state index in [-0.39, 0.29) is 11.5 Å². The maximum atomic E-state index is 12.8. The first-order chi connectivity index (χ1) is 13.6. The summed E-state index contributed by atoms with van der Waals surface area (Å²) in [4.78, 5) is 31.2. The number of amides is 1. The Labute approximate surface area is 163 Å². The minimum atomic E-state index is -0.157. The molecule has 3 aromatic rings. The quantitative estimate of drug-likeness (QED) is 0.686. The van der Waals surface area contributed by atoms with Gasteiger partial charge in [-0.2, -0.15) is 0 Å². The van der Waals surface area contributed by atoms with E-state index >= 15 is 0 Å². The van der Waals surface area contributed by atoms with Crippen LogP contribution in [0.3, 0.4) is 0 Å². The van der Waals surface area contributed by atoms with Crippen LogP contribution in [0.1, 0.15) is 40.2 Å². The molecule has 2 aromatic heterocycles. The average Bonchev–Trinajstić information content (AvgIpc) is 3.14. The number of hydrogen-bond donors (Lipinski definition) is 0. The first kappa shape index (κ1) is 18.2. The lowest BCUT2D eigenvalue weighted by Crippen LogP contribution is -2.36. The molecule has 6 heteroatoms. The Morgan fingerprint density at radius 3 is 2.75 bits per heavy atom. The third kappa shape index (κ3) is 3.76. The molecule has 0 saturated carbocycles. The summed E-state index contributed by atoms with van der Waals surface area (Å²) in [5.41, 5.74) is 2.34. The Bertz CT molecular complexity index is 1040. The van der Waals surface area contributed by atoms with Gasteiger partial charge >= 0.3 is 0 Å². The Hall–Kier alpha value is -3.15. The molecular weight excluding hydrogens is 354 g/mol. The number of pyridine rings is 1. The van der Waals surface area contributed by atoms with Gasteiger partial charge < -0.3 is 13.9 Å². The highest BCUT2D eigenvalue weighted by Crippen LogP contribution is 2.22. The van der Waals surface area contributed by atoms with Gasteiger partial charge in [0.05, 0.1) is 6.54 Å². The lowest BCUT2D eigenvalue weighted by Gasteiger charge is -2.25. The monoisotopic (exact) mass is 377 g/mol. The summed E-state index contributed by atoms with van der Waals surface area (Å²) < 4.78 is 7.48. The molecule has 0 bridgehead atoms. The Kier molecular flexibility index (Phi) is 5.10. The highest BCUT2D eigenvalue weighted by molar-refractivity contribution is 5.94. The van der Waals surface area contributed by atoms with Gasteiger partial charge in [0.2, 0.25) is 0 Å². The van der Waals surface area contributed by atoms with Crippen molar-refractivity contribution in [3.63, 3.8) is 0 Å². The van der Waals surface area contributed by atoms with E-state index in [0.29, 0.717) is 37.5 Å². The van der Waals surface area contributed by atoms with Gasteiger partial charge in [-0.05, 0) is 25.0 Å². The summed E-state index contributed by atoms with van der Waals surface area (Å²) >= 11 is 0. The molecule has 0 radical (unpaired) electrons. The van der Waals surface area contributed by atoms with Crippen LogP contribution in [0.15, 0.2) is 57.9 Å². The van der Waals surface area contributed by atoms with Gasteiger partial charge in [-0.3, -0.25) is 9.59 Å². The van der Waals surface area contributed by atoms with E-state index in [0.717, 1.165) is 24.3 Å². The standard InChI is InChI=1S/C22H23N3O3/c1-2-24-12-10-17(14-21(24)26)22(27)25-13-11-19-18(15-25)23-20(28-19)9-8-16-6-4-3-5-7-16/h3-7,10,12,14H,2,8-9,11,13,15H2,1H3. The second-order valence-corrected chi connectivity index (χ2v) is 6.98. The van der Waals surface area contributed by atoms with E-state index in [1.54, 1.807) is 21.7 Å². The normalized spacial score (nSPS) is 13.4. The van der Waals surface area contributed by atoms with Crippen LogP contribution in [-0.2, 0) is 32.4 Å². The molecule has 3 heterocycles. The van der Waals surface area contributed by atoms with Crippen molar-refractivity contribution < 1.29 is 9.21 Å². The van der Waals surface area contributed by atoms with Crippen molar-refractivity contribution in [1.29, 1.82) is 0 Å². The summed E-state index contributed by atoms with van der Waals surface area (Å²) in [6.45, 7) is 3.47. The van der Waals surface area contributed by atoms with Gasteiger partial charge in [-0.15, -0.1) is 0 Å². The number of carbonyl (C=O) groups excluding carboxylic acids is 1. The number of carbonyl (C=O) groups is 1. The Morgan fingerprint density at radius 1 is 1.18 bits per heavy atom. The maximum absolute atomic E-state index is 12.8. The molecule has 6 nitrogen and oxygen atoms in total. The predicted molar refractivity (Wildman–Crippen MR) is 105 cm³/mol. The van der Waals surface area contributed by atoms with Crippen molar-refractivity contribution in [3.8, 4) is 0 Å². The van der Waals surface area contributed by atoms with E-state index in [4.69, 9.17) is 4.42 Å². The van der Waals surface area contributed by atoms with E-state index in [2.05, 4.69) is 17.1 Å². The minimum Gasteiger partial charge on any atom is -0.445 e. The van der Waals surface area contributed by atoms with E-state index < -0.39 is 0 Å². The van der Waals surface area contributed by atoms with Crippen LogP contribution >= 0.6 is 0 Å². The summed E-state index contributed by atoms with van der Waals surface area (Å²) in [6.07, 6.45) is 3.92. The molecular formula is C22H23N3O3. The number of aromatic nitrogens is 2.